The molecule has 1 heterocycles. The lowest BCUT2D eigenvalue weighted by Gasteiger charge is -2.21. The lowest BCUT2D eigenvalue weighted by atomic mass is 10.2. The minimum absolute atomic E-state index is 0.927. The minimum Gasteiger partial charge on any atom is -0.313 e. The van der Waals surface area contributed by atoms with Crippen LogP contribution in [-0.2, 0) is 13.1 Å². The lowest BCUT2D eigenvalue weighted by molar-refractivity contribution is 0.254. The van der Waals surface area contributed by atoms with Gasteiger partial charge in [-0.2, -0.15) is 0 Å². The third-order valence-electron chi connectivity index (χ3n) is 3.68. The van der Waals surface area contributed by atoms with Crippen LogP contribution in [0.4, 0.5) is 0 Å². The molecule has 3 nitrogen and oxygen atoms in total. The van der Waals surface area contributed by atoms with Gasteiger partial charge in [0.15, 0.2) is 0 Å². The summed E-state index contributed by atoms with van der Waals surface area (Å²) in [6.45, 7) is 12.1. The Labute approximate surface area is 131 Å². The third-order valence-corrected chi connectivity index (χ3v) is 3.68. The Bertz CT molecular complexity index is 340. The number of aromatic nitrogens is 1. The van der Waals surface area contributed by atoms with E-state index in [2.05, 4.69) is 48.1 Å². The summed E-state index contributed by atoms with van der Waals surface area (Å²) in [6.07, 6.45) is 8.28. The van der Waals surface area contributed by atoms with Gasteiger partial charge in [-0.15, -0.1) is 0 Å². The second kappa shape index (κ2) is 11.7. The van der Waals surface area contributed by atoms with E-state index in [0.29, 0.717) is 0 Å². The molecule has 1 aromatic heterocycles. The Hall–Kier alpha value is -0.930. The molecule has 0 aliphatic carbocycles. The molecule has 0 atom stereocenters. The number of nitrogens with zero attached hydrogens (tertiary/aromatic N) is 2. The van der Waals surface area contributed by atoms with E-state index in [1.54, 1.807) is 0 Å². The number of unbranched alkanes of at least 4 members (excludes halogenated alkanes) is 2. The first kappa shape index (κ1) is 18.1. The molecule has 120 valence electrons. The first-order valence-electron chi connectivity index (χ1n) is 8.67. The van der Waals surface area contributed by atoms with Crippen molar-refractivity contribution in [1.82, 2.24) is 15.2 Å². The van der Waals surface area contributed by atoms with E-state index >= 15 is 0 Å². The molecule has 0 saturated heterocycles. The fourth-order valence-electron chi connectivity index (χ4n) is 2.33. The maximum Gasteiger partial charge on any atom is 0.0544 e. The van der Waals surface area contributed by atoms with Crippen LogP contribution in [-0.4, -0.2) is 29.5 Å². The molecule has 3 heteroatoms. The topological polar surface area (TPSA) is 28.2 Å². The highest BCUT2D eigenvalue weighted by Gasteiger charge is 2.06. The van der Waals surface area contributed by atoms with Crippen LogP contribution in [0.25, 0.3) is 0 Å². The van der Waals surface area contributed by atoms with Crippen LogP contribution in [0.5, 0.6) is 0 Å². The van der Waals surface area contributed by atoms with Crippen LogP contribution >= 0.6 is 0 Å². The average Bonchev–Trinajstić information content (AvgIpc) is 2.52. The standard InChI is InChI=1S/C18H33N3/c1-4-7-12-21(13-8-5-2)16-18-10-9-17(15-20-18)14-19-11-6-3/h9-10,15,19H,4-8,11-14,16H2,1-3H3. The molecule has 0 radical (unpaired) electrons. The summed E-state index contributed by atoms with van der Waals surface area (Å²) in [5.74, 6) is 0. The molecule has 0 aliphatic rings. The van der Waals surface area contributed by atoms with Crippen molar-refractivity contribution < 1.29 is 0 Å². The predicted molar refractivity (Wildman–Crippen MR) is 91.3 cm³/mol. The molecule has 0 bridgehead atoms. The Kier molecular flexibility index (Phi) is 10.1. The summed E-state index contributed by atoms with van der Waals surface area (Å²) in [4.78, 5) is 7.18. The first-order valence-corrected chi connectivity index (χ1v) is 8.67. The number of rotatable bonds is 12. The van der Waals surface area contributed by atoms with Crippen molar-refractivity contribution in [3.05, 3.63) is 29.6 Å². The Balaban J connectivity index is 2.45. The van der Waals surface area contributed by atoms with Crippen molar-refractivity contribution in [3.8, 4) is 0 Å². The SMILES string of the molecule is CCCCN(CCCC)Cc1ccc(CNCCC)cn1. The molecule has 1 rings (SSSR count). The van der Waals surface area contributed by atoms with E-state index in [0.717, 1.165) is 19.6 Å². The average molecular weight is 291 g/mol. The van der Waals surface area contributed by atoms with Crippen molar-refractivity contribution in [2.24, 2.45) is 0 Å². The van der Waals surface area contributed by atoms with E-state index in [9.17, 15) is 0 Å². The lowest BCUT2D eigenvalue weighted by Crippen LogP contribution is -2.26. The molecule has 0 spiro atoms. The molecule has 0 aliphatic heterocycles. The highest BCUT2D eigenvalue weighted by atomic mass is 15.1. The zero-order valence-corrected chi connectivity index (χ0v) is 14.2. The third kappa shape index (κ3) is 8.18. The second-order valence-electron chi connectivity index (χ2n) is 5.82. The summed E-state index contributed by atoms with van der Waals surface area (Å²) < 4.78 is 0. The van der Waals surface area contributed by atoms with Gasteiger partial charge in [0.25, 0.3) is 0 Å². The van der Waals surface area contributed by atoms with E-state index in [1.165, 1.54) is 56.5 Å². The molecule has 1 aromatic rings. The Morgan fingerprint density at radius 1 is 1.00 bits per heavy atom. The smallest absolute Gasteiger partial charge is 0.0544 e. The summed E-state index contributed by atoms with van der Waals surface area (Å²) in [5, 5.41) is 3.42. The summed E-state index contributed by atoms with van der Waals surface area (Å²) >= 11 is 0. The molecule has 0 unspecified atom stereocenters. The number of pyridine rings is 1. The van der Waals surface area contributed by atoms with Crippen LogP contribution in [0.3, 0.4) is 0 Å². The van der Waals surface area contributed by atoms with Gasteiger partial charge in [0, 0.05) is 19.3 Å². The van der Waals surface area contributed by atoms with Crippen molar-refractivity contribution in [2.75, 3.05) is 19.6 Å². The number of hydrogen-bond donors (Lipinski definition) is 1. The predicted octanol–water partition coefficient (Wildman–Crippen LogP) is 3.98. The van der Waals surface area contributed by atoms with Crippen molar-refractivity contribution in [1.29, 1.82) is 0 Å². The van der Waals surface area contributed by atoms with Crippen LogP contribution in [0.1, 0.15) is 64.1 Å². The second-order valence-corrected chi connectivity index (χ2v) is 5.82. The highest BCUT2D eigenvalue weighted by Crippen LogP contribution is 2.07. The van der Waals surface area contributed by atoms with E-state index in [4.69, 9.17) is 0 Å². The van der Waals surface area contributed by atoms with Gasteiger partial charge in [-0.3, -0.25) is 9.88 Å². The summed E-state index contributed by atoms with van der Waals surface area (Å²) in [6, 6.07) is 4.40. The zero-order valence-electron chi connectivity index (χ0n) is 14.2. The minimum atomic E-state index is 0.927. The van der Waals surface area contributed by atoms with Gasteiger partial charge in [-0.05, 0) is 50.5 Å². The Morgan fingerprint density at radius 3 is 2.24 bits per heavy atom. The van der Waals surface area contributed by atoms with Crippen molar-refractivity contribution in [3.63, 3.8) is 0 Å². The van der Waals surface area contributed by atoms with Gasteiger partial charge in [0.1, 0.15) is 0 Å². The van der Waals surface area contributed by atoms with Crippen LogP contribution in [0, 0.1) is 0 Å². The maximum atomic E-state index is 4.63. The fourth-order valence-corrected chi connectivity index (χ4v) is 2.33. The van der Waals surface area contributed by atoms with Gasteiger partial charge < -0.3 is 5.32 Å². The monoisotopic (exact) mass is 291 g/mol. The van der Waals surface area contributed by atoms with Gasteiger partial charge in [-0.25, -0.2) is 0 Å². The summed E-state index contributed by atoms with van der Waals surface area (Å²) in [7, 11) is 0. The van der Waals surface area contributed by atoms with Gasteiger partial charge in [0.05, 0.1) is 5.69 Å². The maximum absolute atomic E-state index is 4.63. The largest absolute Gasteiger partial charge is 0.313 e. The normalized spacial score (nSPS) is 11.2. The van der Waals surface area contributed by atoms with Crippen LogP contribution < -0.4 is 5.32 Å². The first-order chi connectivity index (χ1) is 10.3. The molecule has 0 aromatic carbocycles. The number of hydrogen-bond acceptors (Lipinski definition) is 3. The quantitative estimate of drug-likeness (QED) is 0.590. The molecule has 0 saturated carbocycles. The van der Waals surface area contributed by atoms with Crippen molar-refractivity contribution >= 4 is 0 Å². The molecule has 0 fully saturated rings. The summed E-state index contributed by atoms with van der Waals surface area (Å²) in [5.41, 5.74) is 2.47. The van der Waals surface area contributed by atoms with E-state index < -0.39 is 0 Å². The van der Waals surface area contributed by atoms with E-state index in [1.807, 2.05) is 6.20 Å². The van der Waals surface area contributed by atoms with Gasteiger partial charge in [0.2, 0.25) is 0 Å². The molecule has 0 amide bonds. The highest BCUT2D eigenvalue weighted by molar-refractivity contribution is 5.14. The fraction of sp³-hybridized carbons (Fsp3) is 0.722. The van der Waals surface area contributed by atoms with Crippen LogP contribution in [0.15, 0.2) is 18.3 Å². The van der Waals surface area contributed by atoms with Crippen molar-refractivity contribution in [2.45, 2.75) is 66.0 Å². The molecule has 21 heavy (non-hydrogen) atoms. The Morgan fingerprint density at radius 2 is 1.71 bits per heavy atom. The van der Waals surface area contributed by atoms with Crippen LogP contribution in [0.2, 0.25) is 0 Å². The molecule has 1 N–H and O–H groups in total. The number of nitrogens with one attached hydrogen (secondary N) is 1. The zero-order chi connectivity index (χ0) is 15.3. The molecular formula is C18H33N3. The van der Waals surface area contributed by atoms with Gasteiger partial charge >= 0.3 is 0 Å². The van der Waals surface area contributed by atoms with Gasteiger partial charge in [-0.1, -0.05) is 39.7 Å². The van der Waals surface area contributed by atoms with E-state index in [-0.39, 0.29) is 0 Å². The molecular weight excluding hydrogens is 258 g/mol.